The van der Waals surface area contributed by atoms with Crippen molar-refractivity contribution in [3.63, 3.8) is 0 Å². The molecule has 0 radical (unpaired) electrons. The molecule has 1 saturated carbocycles. The molecule has 0 bridgehead atoms. The molecule has 0 aromatic carbocycles. The molecule has 2 N–H and O–H groups in total. The van der Waals surface area contributed by atoms with Gasteiger partial charge in [0.25, 0.3) is 0 Å². The standard InChI is InChI=1S/C14H18F3N3/c15-14(16,17)12-5-2-6-13(19-12)20-7-9-3-1-4-11(18)10(9)8-20/h2,5-6,9-11H,1,3-4,7-8,18H2. The van der Waals surface area contributed by atoms with E-state index in [9.17, 15) is 13.2 Å². The van der Waals surface area contributed by atoms with Crippen LogP contribution in [0, 0.1) is 11.8 Å². The van der Waals surface area contributed by atoms with Crippen LogP contribution < -0.4 is 10.6 Å². The lowest BCUT2D eigenvalue weighted by Gasteiger charge is -2.29. The number of halogens is 3. The Balaban J connectivity index is 1.81. The van der Waals surface area contributed by atoms with Gasteiger partial charge in [-0.05, 0) is 36.8 Å². The second-order valence-corrected chi connectivity index (χ2v) is 5.80. The van der Waals surface area contributed by atoms with Crippen LogP contribution in [0.3, 0.4) is 0 Å². The molecule has 0 amide bonds. The molecule has 1 aromatic rings. The number of rotatable bonds is 1. The van der Waals surface area contributed by atoms with Crippen LogP contribution in [0.25, 0.3) is 0 Å². The molecule has 3 atom stereocenters. The second-order valence-electron chi connectivity index (χ2n) is 5.80. The number of pyridine rings is 1. The minimum atomic E-state index is -4.39. The van der Waals surface area contributed by atoms with Gasteiger partial charge in [0.15, 0.2) is 0 Å². The highest BCUT2D eigenvalue weighted by Crippen LogP contribution is 2.37. The Morgan fingerprint density at radius 2 is 2.00 bits per heavy atom. The molecule has 1 aliphatic heterocycles. The fraction of sp³-hybridized carbons (Fsp3) is 0.643. The van der Waals surface area contributed by atoms with Gasteiger partial charge in [-0.3, -0.25) is 0 Å². The summed E-state index contributed by atoms with van der Waals surface area (Å²) in [5.41, 5.74) is 5.31. The minimum absolute atomic E-state index is 0.171. The first-order valence-corrected chi connectivity index (χ1v) is 7.00. The molecule has 0 spiro atoms. The Morgan fingerprint density at radius 1 is 1.20 bits per heavy atom. The van der Waals surface area contributed by atoms with Crippen molar-refractivity contribution in [2.45, 2.75) is 31.5 Å². The van der Waals surface area contributed by atoms with Gasteiger partial charge in [-0.1, -0.05) is 12.5 Å². The van der Waals surface area contributed by atoms with Gasteiger partial charge in [-0.15, -0.1) is 0 Å². The average molecular weight is 285 g/mol. The Morgan fingerprint density at radius 3 is 2.70 bits per heavy atom. The zero-order chi connectivity index (χ0) is 14.3. The summed E-state index contributed by atoms with van der Waals surface area (Å²) in [6.45, 7) is 1.49. The monoisotopic (exact) mass is 285 g/mol. The molecule has 110 valence electrons. The van der Waals surface area contributed by atoms with Gasteiger partial charge < -0.3 is 10.6 Å². The third-order valence-corrected chi connectivity index (χ3v) is 4.50. The van der Waals surface area contributed by atoms with E-state index in [1.807, 2.05) is 4.90 Å². The summed E-state index contributed by atoms with van der Waals surface area (Å²) in [5, 5.41) is 0. The van der Waals surface area contributed by atoms with Crippen molar-refractivity contribution in [2.75, 3.05) is 18.0 Å². The Labute approximate surface area is 116 Å². The zero-order valence-corrected chi connectivity index (χ0v) is 11.1. The lowest BCUT2D eigenvalue weighted by atomic mass is 9.78. The van der Waals surface area contributed by atoms with Crippen molar-refractivity contribution in [1.29, 1.82) is 0 Å². The number of nitrogens with two attached hydrogens (primary N) is 1. The second kappa shape index (κ2) is 4.91. The van der Waals surface area contributed by atoms with Crippen molar-refractivity contribution >= 4 is 5.82 Å². The normalized spacial score (nSPS) is 30.4. The number of anilines is 1. The third kappa shape index (κ3) is 2.49. The molecule has 1 aliphatic carbocycles. The van der Waals surface area contributed by atoms with E-state index in [1.54, 1.807) is 6.07 Å². The van der Waals surface area contributed by atoms with Gasteiger partial charge >= 0.3 is 6.18 Å². The molecule has 1 saturated heterocycles. The highest BCUT2D eigenvalue weighted by Gasteiger charge is 2.40. The van der Waals surface area contributed by atoms with E-state index in [1.165, 1.54) is 6.07 Å². The molecule has 6 heteroatoms. The van der Waals surface area contributed by atoms with Crippen LogP contribution in [-0.2, 0) is 6.18 Å². The summed E-state index contributed by atoms with van der Waals surface area (Å²) in [4.78, 5) is 5.72. The maximum Gasteiger partial charge on any atom is 0.433 e. The predicted molar refractivity (Wildman–Crippen MR) is 70.3 cm³/mol. The lowest BCUT2D eigenvalue weighted by Crippen LogP contribution is -2.38. The maximum atomic E-state index is 12.7. The average Bonchev–Trinajstić information content (AvgIpc) is 2.83. The molecule has 3 nitrogen and oxygen atoms in total. The van der Waals surface area contributed by atoms with Gasteiger partial charge in [0.1, 0.15) is 11.5 Å². The third-order valence-electron chi connectivity index (χ3n) is 4.50. The number of fused-ring (bicyclic) bond motifs is 1. The molecule has 20 heavy (non-hydrogen) atoms. The molecule has 2 heterocycles. The van der Waals surface area contributed by atoms with E-state index in [-0.39, 0.29) is 6.04 Å². The van der Waals surface area contributed by atoms with E-state index >= 15 is 0 Å². The summed E-state index contributed by atoms with van der Waals surface area (Å²) in [5.74, 6) is 1.30. The largest absolute Gasteiger partial charge is 0.433 e. The fourth-order valence-corrected chi connectivity index (χ4v) is 3.46. The first-order chi connectivity index (χ1) is 9.45. The highest BCUT2D eigenvalue weighted by molar-refractivity contribution is 5.41. The maximum absolute atomic E-state index is 12.7. The number of nitrogens with zero attached hydrogens (tertiary/aromatic N) is 2. The van der Waals surface area contributed by atoms with Gasteiger partial charge in [0.2, 0.25) is 0 Å². The molecular formula is C14H18F3N3. The fourth-order valence-electron chi connectivity index (χ4n) is 3.46. The van der Waals surface area contributed by atoms with Crippen molar-refractivity contribution in [3.05, 3.63) is 23.9 Å². The summed E-state index contributed by atoms with van der Waals surface area (Å²) < 4.78 is 38.1. The van der Waals surface area contributed by atoms with Crippen LogP contribution in [0.1, 0.15) is 25.0 Å². The number of hydrogen-bond acceptors (Lipinski definition) is 3. The van der Waals surface area contributed by atoms with Crippen molar-refractivity contribution in [3.8, 4) is 0 Å². The van der Waals surface area contributed by atoms with Crippen LogP contribution in [-0.4, -0.2) is 24.1 Å². The van der Waals surface area contributed by atoms with Crippen molar-refractivity contribution in [1.82, 2.24) is 4.98 Å². The predicted octanol–water partition coefficient (Wildman–Crippen LogP) is 2.66. The molecule has 3 unspecified atom stereocenters. The van der Waals surface area contributed by atoms with Crippen LogP contribution in [0.5, 0.6) is 0 Å². The summed E-state index contributed by atoms with van der Waals surface area (Å²) in [6, 6.07) is 4.26. The summed E-state index contributed by atoms with van der Waals surface area (Å²) >= 11 is 0. The van der Waals surface area contributed by atoms with Crippen molar-refractivity contribution in [2.24, 2.45) is 17.6 Å². The SMILES string of the molecule is NC1CCCC2CN(c3cccc(C(F)(F)F)n3)CC12. The Kier molecular flexibility index (Phi) is 3.36. The molecule has 2 fully saturated rings. The first kappa shape index (κ1) is 13.7. The number of alkyl halides is 3. The summed E-state index contributed by atoms with van der Waals surface area (Å²) in [6.07, 6.45) is -1.13. The van der Waals surface area contributed by atoms with E-state index in [4.69, 9.17) is 5.73 Å². The number of aromatic nitrogens is 1. The smallest absolute Gasteiger partial charge is 0.356 e. The van der Waals surface area contributed by atoms with Gasteiger partial charge in [0.05, 0.1) is 0 Å². The van der Waals surface area contributed by atoms with Crippen LogP contribution in [0.2, 0.25) is 0 Å². The quantitative estimate of drug-likeness (QED) is 0.862. The Bertz CT molecular complexity index is 489. The molecule has 2 aliphatic rings. The van der Waals surface area contributed by atoms with E-state index in [2.05, 4.69) is 4.98 Å². The lowest BCUT2D eigenvalue weighted by molar-refractivity contribution is -0.141. The molecule has 1 aromatic heterocycles. The minimum Gasteiger partial charge on any atom is -0.356 e. The zero-order valence-electron chi connectivity index (χ0n) is 11.1. The van der Waals surface area contributed by atoms with Crippen molar-refractivity contribution < 1.29 is 13.2 Å². The van der Waals surface area contributed by atoms with E-state index in [0.717, 1.165) is 38.4 Å². The van der Waals surface area contributed by atoms with E-state index < -0.39 is 11.9 Å². The Hall–Kier alpha value is -1.30. The van der Waals surface area contributed by atoms with E-state index in [0.29, 0.717) is 17.7 Å². The van der Waals surface area contributed by atoms with Crippen LogP contribution in [0.15, 0.2) is 18.2 Å². The molecule has 3 rings (SSSR count). The topological polar surface area (TPSA) is 42.1 Å². The summed E-state index contributed by atoms with van der Waals surface area (Å²) in [7, 11) is 0. The van der Waals surface area contributed by atoms with Crippen LogP contribution >= 0.6 is 0 Å². The highest BCUT2D eigenvalue weighted by atomic mass is 19.4. The van der Waals surface area contributed by atoms with Gasteiger partial charge in [-0.25, -0.2) is 4.98 Å². The van der Waals surface area contributed by atoms with Crippen LogP contribution in [0.4, 0.5) is 19.0 Å². The molecular weight excluding hydrogens is 267 g/mol. The van der Waals surface area contributed by atoms with Gasteiger partial charge in [0, 0.05) is 19.1 Å². The van der Waals surface area contributed by atoms with Gasteiger partial charge in [-0.2, -0.15) is 13.2 Å². The first-order valence-electron chi connectivity index (χ1n) is 7.00. The number of hydrogen-bond donors (Lipinski definition) is 1.